The fraction of sp³-hybridized carbons (Fsp3) is 1.00. The van der Waals surface area contributed by atoms with Crippen LogP contribution < -0.4 is 0 Å². The summed E-state index contributed by atoms with van der Waals surface area (Å²) in [7, 11) is 0. The maximum Gasteiger partial charge on any atom is 0.291 e. The van der Waals surface area contributed by atoms with Crippen molar-refractivity contribution in [2.75, 3.05) is 0 Å². The molecule has 0 rings (SSSR count). The van der Waals surface area contributed by atoms with Crippen LogP contribution in [0.1, 0.15) is 6.92 Å². The van der Waals surface area contributed by atoms with Crippen LogP contribution in [-0.4, -0.2) is 19.9 Å². The van der Waals surface area contributed by atoms with Crippen molar-refractivity contribution in [1.82, 2.24) is 0 Å². The molecule has 0 saturated carbocycles. The summed E-state index contributed by atoms with van der Waals surface area (Å²) in [6, 6.07) is 0. The van der Waals surface area contributed by atoms with Gasteiger partial charge in [-0.3, -0.25) is 0 Å². The predicted octanol–water partition coefficient (Wildman–Crippen LogP) is 2.94. The van der Waals surface area contributed by atoms with Gasteiger partial charge in [0, 0.05) is 0 Å². The third-order valence-corrected chi connectivity index (χ3v) is 2.58. The maximum absolute atomic E-state index is 12.5. The summed E-state index contributed by atoms with van der Waals surface area (Å²) in [6.45, 7) is 0.632. The van der Waals surface area contributed by atoms with E-state index in [0.717, 1.165) is 0 Å². The molecule has 0 atom stereocenters. The van der Waals surface area contributed by atoms with Gasteiger partial charge in [0.1, 0.15) is 0 Å². The summed E-state index contributed by atoms with van der Waals surface area (Å²) in [6.07, 6.45) is 0. The van der Waals surface area contributed by atoms with E-state index in [1.54, 1.807) is 0 Å². The molecular weight excluding hydrogens is 244 g/mol. The molecule has 0 aliphatic heterocycles. The van der Waals surface area contributed by atoms with Gasteiger partial charge in [0.2, 0.25) is 0 Å². The first-order valence-corrected chi connectivity index (χ1v) is 3.87. The highest BCUT2D eigenvalue weighted by Crippen LogP contribution is 2.48. The Kier molecular flexibility index (Phi) is 3.31. The smallest absolute Gasteiger partial charge is 0.291 e. The highest BCUT2D eigenvalue weighted by atomic mass is 35.5. The van der Waals surface area contributed by atoms with Crippen LogP contribution in [0.15, 0.2) is 0 Å². The van der Waals surface area contributed by atoms with E-state index in [0.29, 0.717) is 6.92 Å². The SMILES string of the molecule is CC(O)(C(F)(Cl)Cl)C(F)(Cl)Cl. The second kappa shape index (κ2) is 3.04. The van der Waals surface area contributed by atoms with E-state index < -0.39 is 14.8 Å². The molecule has 0 amide bonds. The zero-order chi connectivity index (χ0) is 9.50. The molecule has 0 aromatic carbocycles. The number of aliphatic hydroxyl groups is 1. The Labute approximate surface area is 82.2 Å². The van der Waals surface area contributed by atoms with E-state index in [-0.39, 0.29) is 0 Å². The molecule has 0 radical (unpaired) electrons. The Hall–Kier alpha value is 0.980. The number of halogens is 6. The lowest BCUT2D eigenvalue weighted by atomic mass is 10.1. The number of alkyl halides is 6. The Morgan fingerprint density at radius 2 is 1.18 bits per heavy atom. The van der Waals surface area contributed by atoms with Gasteiger partial charge in [-0.2, -0.15) is 0 Å². The normalized spacial score (nSPS) is 15.3. The first kappa shape index (κ1) is 12.0. The highest BCUT2D eigenvalue weighted by Gasteiger charge is 2.60. The molecule has 0 heterocycles. The van der Waals surface area contributed by atoms with Crippen molar-refractivity contribution in [1.29, 1.82) is 0 Å². The van der Waals surface area contributed by atoms with Crippen molar-refractivity contribution >= 4 is 46.4 Å². The standard InChI is InChI=1S/C4H4Cl4F2O/c1-2(11,3(5,6)9)4(7,8)10/h11H,1H3. The number of rotatable bonds is 2. The van der Waals surface area contributed by atoms with Gasteiger partial charge in [0.15, 0.2) is 5.60 Å². The second-order valence-corrected chi connectivity index (χ2v) is 4.54. The van der Waals surface area contributed by atoms with E-state index in [1.165, 1.54) is 0 Å². The lowest BCUT2D eigenvalue weighted by molar-refractivity contribution is -0.0547. The van der Waals surface area contributed by atoms with Crippen molar-refractivity contribution in [3.63, 3.8) is 0 Å². The Balaban J connectivity index is 4.75. The molecule has 1 nitrogen and oxygen atoms in total. The summed E-state index contributed by atoms with van der Waals surface area (Å²) in [4.78, 5) is 0. The minimum atomic E-state index is -3.26. The summed E-state index contributed by atoms with van der Waals surface area (Å²) in [5, 5.41) is 8.91. The van der Waals surface area contributed by atoms with Crippen LogP contribution in [0.25, 0.3) is 0 Å². The topological polar surface area (TPSA) is 20.2 Å². The molecule has 11 heavy (non-hydrogen) atoms. The molecule has 0 spiro atoms. The van der Waals surface area contributed by atoms with Crippen molar-refractivity contribution < 1.29 is 13.9 Å². The van der Waals surface area contributed by atoms with Crippen molar-refractivity contribution in [3.05, 3.63) is 0 Å². The molecule has 0 aromatic heterocycles. The molecule has 0 fully saturated rings. The van der Waals surface area contributed by atoms with Gasteiger partial charge in [0.05, 0.1) is 0 Å². The Morgan fingerprint density at radius 1 is 1.00 bits per heavy atom. The van der Waals surface area contributed by atoms with Crippen molar-refractivity contribution in [3.8, 4) is 0 Å². The third kappa shape index (κ3) is 2.46. The van der Waals surface area contributed by atoms with Gasteiger partial charge in [-0.05, 0) is 6.92 Å². The van der Waals surface area contributed by atoms with E-state index >= 15 is 0 Å². The molecular formula is C4H4Cl4F2O. The number of hydrogen-bond acceptors (Lipinski definition) is 1. The summed E-state index contributed by atoms with van der Waals surface area (Å²) in [5.74, 6) is 0. The molecule has 0 aliphatic rings. The second-order valence-electron chi connectivity index (χ2n) is 2.07. The molecule has 0 aliphatic carbocycles. The fourth-order valence-corrected chi connectivity index (χ4v) is 0.875. The summed E-state index contributed by atoms with van der Waals surface area (Å²) < 4.78 is 18.6. The lowest BCUT2D eigenvalue weighted by Crippen LogP contribution is -2.51. The van der Waals surface area contributed by atoms with Gasteiger partial charge in [0.25, 0.3) is 9.17 Å². The van der Waals surface area contributed by atoms with Crippen LogP contribution in [0.5, 0.6) is 0 Å². The van der Waals surface area contributed by atoms with Gasteiger partial charge in [-0.25, -0.2) is 8.78 Å². The largest absolute Gasteiger partial charge is 0.379 e. The van der Waals surface area contributed by atoms with Crippen LogP contribution >= 0.6 is 46.4 Å². The van der Waals surface area contributed by atoms with Gasteiger partial charge in [-0.15, -0.1) is 0 Å². The van der Waals surface area contributed by atoms with Crippen molar-refractivity contribution in [2.45, 2.75) is 21.7 Å². The van der Waals surface area contributed by atoms with Crippen LogP contribution in [0.2, 0.25) is 0 Å². The molecule has 68 valence electrons. The van der Waals surface area contributed by atoms with Crippen LogP contribution in [0.4, 0.5) is 8.78 Å². The first-order valence-electron chi connectivity index (χ1n) is 2.36. The first-order chi connectivity index (χ1) is 4.50. The van der Waals surface area contributed by atoms with E-state index in [2.05, 4.69) is 0 Å². The third-order valence-electron chi connectivity index (χ3n) is 1.10. The van der Waals surface area contributed by atoms with Crippen LogP contribution in [0, 0.1) is 0 Å². The van der Waals surface area contributed by atoms with Gasteiger partial charge >= 0.3 is 0 Å². The summed E-state index contributed by atoms with van der Waals surface area (Å²) >= 11 is 19.0. The monoisotopic (exact) mass is 246 g/mol. The molecule has 7 heteroatoms. The minimum absolute atomic E-state index is 0.632. The maximum atomic E-state index is 12.5. The molecule has 0 saturated heterocycles. The zero-order valence-corrected chi connectivity index (χ0v) is 8.24. The highest BCUT2D eigenvalue weighted by molar-refractivity contribution is 6.52. The van der Waals surface area contributed by atoms with Crippen LogP contribution in [-0.2, 0) is 0 Å². The zero-order valence-electron chi connectivity index (χ0n) is 5.22. The lowest BCUT2D eigenvalue weighted by Gasteiger charge is -2.33. The summed E-state index contributed by atoms with van der Waals surface area (Å²) in [5.41, 5.74) is -2.90. The molecule has 0 bridgehead atoms. The molecule has 1 N–H and O–H groups in total. The van der Waals surface area contributed by atoms with Crippen LogP contribution in [0.3, 0.4) is 0 Å². The predicted molar refractivity (Wildman–Crippen MR) is 41.7 cm³/mol. The van der Waals surface area contributed by atoms with E-state index in [4.69, 9.17) is 51.5 Å². The average Bonchev–Trinajstić information content (AvgIpc) is 1.58. The number of hydrogen-bond donors (Lipinski definition) is 1. The van der Waals surface area contributed by atoms with Crippen molar-refractivity contribution in [2.24, 2.45) is 0 Å². The minimum Gasteiger partial charge on any atom is -0.379 e. The molecule has 0 aromatic rings. The average molecular weight is 248 g/mol. The Morgan fingerprint density at radius 3 is 1.18 bits per heavy atom. The van der Waals surface area contributed by atoms with E-state index in [9.17, 15) is 8.78 Å². The Bertz CT molecular complexity index is 131. The molecule has 0 unspecified atom stereocenters. The quantitative estimate of drug-likeness (QED) is 0.744. The van der Waals surface area contributed by atoms with Gasteiger partial charge < -0.3 is 5.11 Å². The fourth-order valence-electron chi connectivity index (χ4n) is 0.161. The van der Waals surface area contributed by atoms with E-state index in [1.807, 2.05) is 0 Å². The van der Waals surface area contributed by atoms with Gasteiger partial charge in [-0.1, -0.05) is 46.4 Å².